The highest BCUT2D eigenvalue weighted by atomic mass is 32.2. The molecule has 2 unspecified atom stereocenters. The van der Waals surface area contributed by atoms with E-state index in [2.05, 4.69) is 18.3 Å². The van der Waals surface area contributed by atoms with Gasteiger partial charge in [0.15, 0.2) is 0 Å². The number of nitrogens with one attached hydrogen (secondary N) is 1. The summed E-state index contributed by atoms with van der Waals surface area (Å²) in [6.45, 7) is 6.57. The molecule has 1 saturated heterocycles. The monoisotopic (exact) mass is 269 g/mol. The Morgan fingerprint density at radius 1 is 1.44 bits per heavy atom. The molecule has 2 nitrogen and oxygen atoms in total. The first-order valence-electron chi connectivity index (χ1n) is 6.47. The van der Waals surface area contributed by atoms with Gasteiger partial charge in [0.05, 0.1) is 6.10 Å². The third-order valence-corrected chi connectivity index (χ3v) is 4.53. The second kappa shape index (κ2) is 6.55. The fourth-order valence-corrected chi connectivity index (χ4v) is 3.34. The van der Waals surface area contributed by atoms with Crippen LogP contribution in [-0.2, 0) is 11.3 Å². The molecule has 1 aromatic carbocycles. The van der Waals surface area contributed by atoms with Gasteiger partial charge in [0, 0.05) is 23.3 Å². The number of hydrogen-bond acceptors (Lipinski definition) is 3. The molecule has 0 radical (unpaired) electrons. The van der Waals surface area contributed by atoms with Gasteiger partial charge in [-0.15, -0.1) is 11.8 Å². The van der Waals surface area contributed by atoms with E-state index in [1.54, 1.807) is 23.9 Å². The Balaban J connectivity index is 2.05. The summed E-state index contributed by atoms with van der Waals surface area (Å²) in [6, 6.07) is 5.29. The Kier molecular flexibility index (Phi) is 5.03. The fraction of sp³-hybridized carbons (Fsp3) is 0.571. The van der Waals surface area contributed by atoms with E-state index in [9.17, 15) is 4.39 Å². The van der Waals surface area contributed by atoms with Crippen LogP contribution in [0.3, 0.4) is 0 Å². The van der Waals surface area contributed by atoms with Crippen LogP contribution in [0.1, 0.15) is 25.8 Å². The van der Waals surface area contributed by atoms with E-state index in [4.69, 9.17) is 4.74 Å². The molecule has 0 aliphatic carbocycles. The van der Waals surface area contributed by atoms with E-state index < -0.39 is 0 Å². The van der Waals surface area contributed by atoms with Crippen LogP contribution in [0, 0.1) is 5.82 Å². The number of hydrogen-bond donors (Lipinski definition) is 1. The molecule has 0 aromatic heterocycles. The minimum Gasteiger partial charge on any atom is -0.377 e. The zero-order valence-corrected chi connectivity index (χ0v) is 11.7. The summed E-state index contributed by atoms with van der Waals surface area (Å²) in [4.78, 5) is 1.00. The van der Waals surface area contributed by atoms with Crippen molar-refractivity contribution in [3.8, 4) is 0 Å². The Labute approximate surface area is 112 Å². The molecule has 1 N–H and O–H groups in total. The van der Waals surface area contributed by atoms with E-state index in [0.717, 1.165) is 36.6 Å². The number of ether oxygens (including phenoxy) is 1. The second-order valence-corrected chi connectivity index (χ2v) is 5.91. The molecule has 1 aromatic rings. The first kappa shape index (κ1) is 13.8. The highest BCUT2D eigenvalue weighted by Crippen LogP contribution is 2.33. The number of halogens is 1. The molecule has 1 fully saturated rings. The lowest BCUT2D eigenvalue weighted by Gasteiger charge is -2.14. The number of benzene rings is 1. The molecule has 2 rings (SSSR count). The second-order valence-electron chi connectivity index (χ2n) is 4.60. The molecular weight excluding hydrogens is 249 g/mol. The number of rotatable bonds is 5. The SMILES string of the molecule is CCNCc1cc(F)cc(SC2CCOC2C)c1. The minimum absolute atomic E-state index is 0.153. The predicted molar refractivity (Wildman–Crippen MR) is 73.5 cm³/mol. The van der Waals surface area contributed by atoms with E-state index in [0.29, 0.717) is 5.25 Å². The van der Waals surface area contributed by atoms with Gasteiger partial charge in [-0.3, -0.25) is 0 Å². The normalized spacial score (nSPS) is 23.5. The van der Waals surface area contributed by atoms with Crippen LogP contribution in [-0.4, -0.2) is 24.5 Å². The zero-order chi connectivity index (χ0) is 13.0. The summed E-state index contributed by atoms with van der Waals surface area (Å²) < 4.78 is 19.1. The fourth-order valence-electron chi connectivity index (χ4n) is 2.10. The van der Waals surface area contributed by atoms with E-state index in [-0.39, 0.29) is 11.9 Å². The van der Waals surface area contributed by atoms with Gasteiger partial charge in [-0.25, -0.2) is 4.39 Å². The summed E-state index contributed by atoms with van der Waals surface area (Å²) in [7, 11) is 0. The summed E-state index contributed by atoms with van der Waals surface area (Å²) in [5.74, 6) is -0.153. The topological polar surface area (TPSA) is 21.3 Å². The predicted octanol–water partition coefficient (Wildman–Crippen LogP) is 3.20. The van der Waals surface area contributed by atoms with Gasteiger partial charge in [0.2, 0.25) is 0 Å². The first-order valence-corrected chi connectivity index (χ1v) is 7.35. The molecular formula is C14H20FNOS. The van der Waals surface area contributed by atoms with Gasteiger partial charge in [-0.1, -0.05) is 6.92 Å². The Morgan fingerprint density at radius 2 is 2.28 bits per heavy atom. The average molecular weight is 269 g/mol. The van der Waals surface area contributed by atoms with Crippen molar-refractivity contribution >= 4 is 11.8 Å². The summed E-state index contributed by atoms with van der Waals surface area (Å²) in [6.07, 6.45) is 1.31. The van der Waals surface area contributed by atoms with Crippen LogP contribution in [0.4, 0.5) is 4.39 Å². The highest BCUT2D eigenvalue weighted by Gasteiger charge is 2.25. The summed E-state index contributed by atoms with van der Waals surface area (Å²) in [5, 5.41) is 3.66. The van der Waals surface area contributed by atoms with E-state index in [1.807, 2.05) is 6.92 Å². The molecule has 0 bridgehead atoms. The van der Waals surface area contributed by atoms with Crippen LogP contribution in [0.15, 0.2) is 23.1 Å². The Hall–Kier alpha value is -0.580. The Morgan fingerprint density at radius 3 is 2.94 bits per heavy atom. The Bertz CT molecular complexity index is 399. The van der Waals surface area contributed by atoms with Gasteiger partial charge in [-0.05, 0) is 43.7 Å². The van der Waals surface area contributed by atoms with Crippen LogP contribution in [0.5, 0.6) is 0 Å². The van der Waals surface area contributed by atoms with Crippen molar-refractivity contribution in [2.24, 2.45) is 0 Å². The standard InChI is InChI=1S/C14H20FNOS/c1-3-16-9-11-6-12(15)8-13(7-11)18-14-4-5-17-10(14)2/h6-8,10,14,16H,3-5,9H2,1-2H3. The van der Waals surface area contributed by atoms with Crippen molar-refractivity contribution in [2.75, 3.05) is 13.2 Å². The van der Waals surface area contributed by atoms with Crippen molar-refractivity contribution in [1.29, 1.82) is 0 Å². The molecule has 0 spiro atoms. The lowest BCUT2D eigenvalue weighted by atomic mass is 10.2. The van der Waals surface area contributed by atoms with Crippen molar-refractivity contribution in [2.45, 2.75) is 43.1 Å². The highest BCUT2D eigenvalue weighted by molar-refractivity contribution is 8.00. The molecule has 0 saturated carbocycles. The molecule has 1 heterocycles. The smallest absolute Gasteiger partial charge is 0.124 e. The van der Waals surface area contributed by atoms with Crippen molar-refractivity contribution in [3.05, 3.63) is 29.6 Å². The molecule has 1 aliphatic heterocycles. The van der Waals surface area contributed by atoms with Crippen molar-refractivity contribution in [1.82, 2.24) is 5.32 Å². The van der Waals surface area contributed by atoms with Crippen molar-refractivity contribution < 1.29 is 9.13 Å². The maximum absolute atomic E-state index is 13.6. The average Bonchev–Trinajstić information content (AvgIpc) is 2.72. The van der Waals surface area contributed by atoms with Gasteiger partial charge in [0.25, 0.3) is 0 Å². The molecule has 100 valence electrons. The van der Waals surface area contributed by atoms with Crippen molar-refractivity contribution in [3.63, 3.8) is 0 Å². The molecule has 4 heteroatoms. The summed E-state index contributed by atoms with van der Waals surface area (Å²) in [5.41, 5.74) is 1.01. The molecule has 18 heavy (non-hydrogen) atoms. The third kappa shape index (κ3) is 3.70. The maximum atomic E-state index is 13.6. The molecule has 2 atom stereocenters. The van der Waals surface area contributed by atoms with Gasteiger partial charge < -0.3 is 10.1 Å². The van der Waals surface area contributed by atoms with Gasteiger partial charge in [-0.2, -0.15) is 0 Å². The van der Waals surface area contributed by atoms with Crippen LogP contribution in [0.2, 0.25) is 0 Å². The van der Waals surface area contributed by atoms with Crippen LogP contribution < -0.4 is 5.32 Å². The molecule has 0 amide bonds. The number of thioether (sulfide) groups is 1. The van der Waals surface area contributed by atoms with E-state index >= 15 is 0 Å². The lowest BCUT2D eigenvalue weighted by molar-refractivity contribution is 0.127. The first-order chi connectivity index (χ1) is 8.69. The largest absolute Gasteiger partial charge is 0.377 e. The van der Waals surface area contributed by atoms with Gasteiger partial charge in [0.1, 0.15) is 5.82 Å². The molecule has 1 aliphatic rings. The minimum atomic E-state index is -0.153. The van der Waals surface area contributed by atoms with E-state index in [1.165, 1.54) is 0 Å². The summed E-state index contributed by atoms with van der Waals surface area (Å²) >= 11 is 1.73. The quantitative estimate of drug-likeness (QED) is 0.887. The third-order valence-electron chi connectivity index (χ3n) is 3.10. The zero-order valence-electron chi connectivity index (χ0n) is 10.9. The maximum Gasteiger partial charge on any atom is 0.124 e. The van der Waals surface area contributed by atoms with Crippen LogP contribution in [0.25, 0.3) is 0 Å². The van der Waals surface area contributed by atoms with Crippen LogP contribution >= 0.6 is 11.8 Å². The van der Waals surface area contributed by atoms with Gasteiger partial charge >= 0.3 is 0 Å². The lowest BCUT2D eigenvalue weighted by Crippen LogP contribution is -2.14.